The second-order valence-corrected chi connectivity index (χ2v) is 4.04. The van der Waals surface area contributed by atoms with E-state index in [-0.39, 0.29) is 5.75 Å². The molecule has 0 atom stereocenters. The number of pyridine rings is 1. The van der Waals surface area contributed by atoms with Gasteiger partial charge in [-0.2, -0.15) is 0 Å². The predicted molar refractivity (Wildman–Crippen MR) is 68.8 cm³/mol. The molecule has 0 aliphatic heterocycles. The van der Waals surface area contributed by atoms with Gasteiger partial charge in [-0.25, -0.2) is 4.39 Å². The Labute approximate surface area is 103 Å². The van der Waals surface area contributed by atoms with Crippen LogP contribution in [0.3, 0.4) is 0 Å². The lowest BCUT2D eigenvalue weighted by Crippen LogP contribution is -1.87. The minimum Gasteiger partial charge on any atom is -0.508 e. The number of benzene rings is 2. The summed E-state index contributed by atoms with van der Waals surface area (Å²) in [7, 11) is 0. The van der Waals surface area contributed by atoms with Gasteiger partial charge in [0.25, 0.3) is 0 Å². The number of fused-ring (bicyclic) bond motifs is 1. The Bertz CT molecular complexity index is 719. The Hall–Kier alpha value is -2.42. The van der Waals surface area contributed by atoms with Crippen molar-refractivity contribution in [2.24, 2.45) is 0 Å². The highest BCUT2D eigenvalue weighted by Gasteiger charge is 2.09. The van der Waals surface area contributed by atoms with Gasteiger partial charge in [0.15, 0.2) is 0 Å². The minimum atomic E-state index is -0.451. The summed E-state index contributed by atoms with van der Waals surface area (Å²) in [5, 5.41) is 10.2. The zero-order chi connectivity index (χ0) is 12.5. The third-order valence-electron chi connectivity index (χ3n) is 2.88. The SMILES string of the molecule is Oc1ccc(-c2cccc3cccnc23)c(F)c1. The fourth-order valence-electron chi connectivity index (χ4n) is 2.04. The molecule has 0 unspecified atom stereocenters. The molecular formula is C15H10FNO. The number of nitrogens with zero attached hydrogens (tertiary/aromatic N) is 1. The normalized spacial score (nSPS) is 10.7. The summed E-state index contributed by atoms with van der Waals surface area (Å²) < 4.78 is 13.9. The first-order chi connectivity index (χ1) is 8.75. The average molecular weight is 239 g/mol. The molecule has 0 aliphatic rings. The van der Waals surface area contributed by atoms with Crippen LogP contribution in [0, 0.1) is 5.82 Å². The summed E-state index contributed by atoms with van der Waals surface area (Å²) in [4.78, 5) is 4.29. The van der Waals surface area contributed by atoms with Crippen LogP contribution in [0.25, 0.3) is 22.0 Å². The molecule has 0 spiro atoms. The molecule has 88 valence electrons. The van der Waals surface area contributed by atoms with Crippen molar-refractivity contribution in [1.29, 1.82) is 0 Å². The maximum atomic E-state index is 13.9. The Morgan fingerprint density at radius 1 is 0.944 bits per heavy atom. The second-order valence-electron chi connectivity index (χ2n) is 4.04. The van der Waals surface area contributed by atoms with Crippen LogP contribution in [0.15, 0.2) is 54.7 Å². The van der Waals surface area contributed by atoms with Crippen molar-refractivity contribution in [3.63, 3.8) is 0 Å². The number of aromatic nitrogens is 1. The average Bonchev–Trinajstić information content (AvgIpc) is 2.38. The number of hydrogen-bond acceptors (Lipinski definition) is 2. The maximum Gasteiger partial charge on any atom is 0.134 e. The lowest BCUT2D eigenvalue weighted by atomic mass is 10.0. The number of para-hydroxylation sites is 1. The molecule has 0 saturated carbocycles. The molecule has 2 nitrogen and oxygen atoms in total. The summed E-state index contributed by atoms with van der Waals surface area (Å²) in [5.74, 6) is -0.530. The van der Waals surface area contributed by atoms with Crippen molar-refractivity contribution in [2.75, 3.05) is 0 Å². The van der Waals surface area contributed by atoms with E-state index in [0.29, 0.717) is 5.56 Å². The van der Waals surface area contributed by atoms with Gasteiger partial charge in [0.1, 0.15) is 11.6 Å². The highest BCUT2D eigenvalue weighted by Crippen LogP contribution is 2.30. The molecule has 0 fully saturated rings. The molecule has 1 aromatic heterocycles. The monoisotopic (exact) mass is 239 g/mol. The van der Waals surface area contributed by atoms with Gasteiger partial charge in [0.2, 0.25) is 0 Å². The molecule has 0 radical (unpaired) electrons. The Morgan fingerprint density at radius 2 is 1.78 bits per heavy atom. The van der Waals surface area contributed by atoms with E-state index in [0.717, 1.165) is 22.5 Å². The van der Waals surface area contributed by atoms with Crippen molar-refractivity contribution in [3.8, 4) is 16.9 Å². The number of aromatic hydroxyl groups is 1. The first-order valence-electron chi connectivity index (χ1n) is 5.58. The zero-order valence-electron chi connectivity index (χ0n) is 9.47. The van der Waals surface area contributed by atoms with Gasteiger partial charge in [-0.3, -0.25) is 4.98 Å². The van der Waals surface area contributed by atoms with Crippen molar-refractivity contribution in [1.82, 2.24) is 4.98 Å². The Morgan fingerprint density at radius 3 is 2.61 bits per heavy atom. The topological polar surface area (TPSA) is 33.1 Å². The molecular weight excluding hydrogens is 229 g/mol. The summed E-state index contributed by atoms with van der Waals surface area (Å²) in [6.45, 7) is 0. The van der Waals surface area contributed by atoms with E-state index >= 15 is 0 Å². The van der Waals surface area contributed by atoms with Gasteiger partial charge in [0.05, 0.1) is 5.52 Å². The molecule has 0 aliphatic carbocycles. The van der Waals surface area contributed by atoms with Gasteiger partial charge >= 0.3 is 0 Å². The highest BCUT2D eigenvalue weighted by atomic mass is 19.1. The van der Waals surface area contributed by atoms with E-state index in [2.05, 4.69) is 4.98 Å². The Balaban J connectivity index is 2.31. The van der Waals surface area contributed by atoms with Crippen LogP contribution in [-0.4, -0.2) is 10.1 Å². The van der Waals surface area contributed by atoms with E-state index in [4.69, 9.17) is 0 Å². The summed E-state index contributed by atoms with van der Waals surface area (Å²) >= 11 is 0. The lowest BCUT2D eigenvalue weighted by Gasteiger charge is -2.07. The van der Waals surface area contributed by atoms with Crippen molar-refractivity contribution in [3.05, 3.63) is 60.5 Å². The van der Waals surface area contributed by atoms with Gasteiger partial charge in [-0.05, 0) is 18.2 Å². The fourth-order valence-corrected chi connectivity index (χ4v) is 2.04. The van der Waals surface area contributed by atoms with E-state index in [1.165, 1.54) is 6.07 Å². The van der Waals surface area contributed by atoms with Crippen molar-refractivity contribution >= 4 is 10.9 Å². The molecule has 3 rings (SSSR count). The predicted octanol–water partition coefficient (Wildman–Crippen LogP) is 3.75. The lowest BCUT2D eigenvalue weighted by molar-refractivity contribution is 0.469. The van der Waals surface area contributed by atoms with E-state index < -0.39 is 5.82 Å². The van der Waals surface area contributed by atoms with Crippen molar-refractivity contribution < 1.29 is 9.50 Å². The first-order valence-corrected chi connectivity index (χ1v) is 5.58. The molecule has 18 heavy (non-hydrogen) atoms. The van der Waals surface area contributed by atoms with Crippen LogP contribution in [0.4, 0.5) is 4.39 Å². The Kier molecular flexibility index (Phi) is 2.45. The maximum absolute atomic E-state index is 13.9. The molecule has 3 aromatic rings. The van der Waals surface area contributed by atoms with E-state index in [1.54, 1.807) is 12.3 Å². The molecule has 3 heteroatoms. The van der Waals surface area contributed by atoms with Gasteiger partial charge in [-0.1, -0.05) is 24.3 Å². The van der Waals surface area contributed by atoms with E-state index in [1.807, 2.05) is 30.3 Å². The summed E-state index contributed by atoms with van der Waals surface area (Å²) in [6, 6.07) is 13.6. The molecule has 0 amide bonds. The van der Waals surface area contributed by atoms with Crippen LogP contribution in [0.2, 0.25) is 0 Å². The highest BCUT2D eigenvalue weighted by molar-refractivity contribution is 5.93. The number of phenols is 1. The molecule has 1 heterocycles. The quantitative estimate of drug-likeness (QED) is 0.701. The number of phenolic OH excluding ortho intramolecular Hbond substituents is 1. The molecule has 2 aromatic carbocycles. The van der Waals surface area contributed by atoms with Crippen LogP contribution in [-0.2, 0) is 0 Å². The smallest absolute Gasteiger partial charge is 0.134 e. The fraction of sp³-hybridized carbons (Fsp3) is 0. The number of rotatable bonds is 1. The number of halogens is 1. The summed E-state index contributed by atoms with van der Waals surface area (Å²) in [6.07, 6.45) is 1.68. The third kappa shape index (κ3) is 1.70. The molecule has 0 bridgehead atoms. The second kappa shape index (κ2) is 4.11. The standard InChI is InChI=1S/C15H10FNO/c16-14-9-11(18)6-7-12(14)13-5-1-3-10-4-2-8-17-15(10)13/h1-9,18H. The zero-order valence-corrected chi connectivity index (χ0v) is 9.47. The van der Waals surface area contributed by atoms with E-state index in [9.17, 15) is 9.50 Å². The third-order valence-corrected chi connectivity index (χ3v) is 2.88. The largest absolute Gasteiger partial charge is 0.508 e. The van der Waals surface area contributed by atoms with Crippen molar-refractivity contribution in [2.45, 2.75) is 0 Å². The molecule has 1 N–H and O–H groups in total. The van der Waals surface area contributed by atoms with Gasteiger partial charge in [0, 0.05) is 28.8 Å². The number of hydrogen-bond donors (Lipinski definition) is 1. The van der Waals surface area contributed by atoms with Gasteiger partial charge in [-0.15, -0.1) is 0 Å². The van der Waals surface area contributed by atoms with Gasteiger partial charge < -0.3 is 5.11 Å². The summed E-state index contributed by atoms with van der Waals surface area (Å²) in [5.41, 5.74) is 1.92. The van der Waals surface area contributed by atoms with Crippen LogP contribution in [0.5, 0.6) is 5.75 Å². The van der Waals surface area contributed by atoms with Crippen LogP contribution < -0.4 is 0 Å². The minimum absolute atomic E-state index is 0.0792. The van der Waals surface area contributed by atoms with Crippen LogP contribution in [0.1, 0.15) is 0 Å². The molecule has 0 saturated heterocycles. The first kappa shape index (κ1) is 10.7. The van der Waals surface area contributed by atoms with Crippen LogP contribution >= 0.6 is 0 Å².